The molecule has 0 spiro atoms. The molecule has 1 aromatic heterocycles. The number of hydrogen-bond donors (Lipinski definition) is 1. The number of aryl methyl sites for hydroxylation is 2. The molecule has 3 nitrogen and oxygen atoms in total. The molecule has 1 fully saturated rings. The minimum Gasteiger partial charge on any atom is -0.497 e. The van der Waals surface area contributed by atoms with Crippen molar-refractivity contribution in [3.8, 4) is 17.0 Å². The highest BCUT2D eigenvalue weighted by Crippen LogP contribution is 2.37. The molecule has 1 N–H and O–H groups in total. The lowest BCUT2D eigenvalue weighted by atomic mass is 9.93. The van der Waals surface area contributed by atoms with Crippen LogP contribution < -0.4 is 10.1 Å². The minimum atomic E-state index is 0.916. The van der Waals surface area contributed by atoms with Crippen LogP contribution in [0.4, 0.5) is 0 Å². The number of ether oxygens (including phenoxy) is 1. The van der Waals surface area contributed by atoms with E-state index in [2.05, 4.69) is 17.4 Å². The number of aromatic nitrogens is 1. The molecule has 1 heterocycles. The van der Waals surface area contributed by atoms with Crippen LogP contribution in [0.3, 0.4) is 0 Å². The number of nitrogens with zero attached hydrogens (tertiary/aromatic N) is 1. The molecule has 0 unspecified atom stereocenters. The van der Waals surface area contributed by atoms with Gasteiger partial charge in [-0.1, -0.05) is 0 Å². The number of methoxy groups -OCH3 is 1. The van der Waals surface area contributed by atoms with E-state index in [1.165, 1.54) is 39.5 Å². The van der Waals surface area contributed by atoms with Crippen LogP contribution in [0.2, 0.25) is 0 Å². The number of nitrogens with one attached hydrogen (secondary N) is 1. The summed E-state index contributed by atoms with van der Waals surface area (Å²) < 4.78 is 5.33. The summed E-state index contributed by atoms with van der Waals surface area (Å²) in [5.41, 5.74) is 3.86. The van der Waals surface area contributed by atoms with E-state index >= 15 is 0 Å². The van der Waals surface area contributed by atoms with E-state index in [-0.39, 0.29) is 0 Å². The van der Waals surface area contributed by atoms with Gasteiger partial charge in [0.1, 0.15) is 10.8 Å². The van der Waals surface area contributed by atoms with Crippen molar-refractivity contribution in [1.82, 2.24) is 10.3 Å². The predicted molar refractivity (Wildman–Crippen MR) is 85.9 cm³/mol. The first-order valence-electron chi connectivity index (χ1n) is 7.70. The molecule has 1 saturated carbocycles. The van der Waals surface area contributed by atoms with E-state index in [0.29, 0.717) is 0 Å². The van der Waals surface area contributed by atoms with Gasteiger partial charge in [0.05, 0.1) is 12.8 Å². The lowest BCUT2D eigenvalue weighted by Gasteiger charge is -2.15. The number of thiazole rings is 1. The van der Waals surface area contributed by atoms with Crippen LogP contribution >= 0.6 is 11.3 Å². The average molecular weight is 300 g/mol. The van der Waals surface area contributed by atoms with E-state index in [0.717, 1.165) is 37.6 Å². The zero-order valence-electron chi connectivity index (χ0n) is 12.3. The van der Waals surface area contributed by atoms with E-state index in [1.807, 2.05) is 17.4 Å². The summed E-state index contributed by atoms with van der Waals surface area (Å²) >= 11 is 1.88. The molecule has 0 aliphatic heterocycles. The lowest BCUT2D eigenvalue weighted by molar-refractivity contribution is 0.414. The Morgan fingerprint density at radius 1 is 1.33 bits per heavy atom. The van der Waals surface area contributed by atoms with Crippen molar-refractivity contribution in [2.75, 3.05) is 13.7 Å². The Morgan fingerprint density at radius 2 is 2.24 bits per heavy atom. The minimum absolute atomic E-state index is 0.916. The fourth-order valence-electron chi connectivity index (χ4n) is 2.94. The highest BCUT2D eigenvalue weighted by molar-refractivity contribution is 7.12. The fourth-order valence-corrected chi connectivity index (χ4v) is 4.00. The van der Waals surface area contributed by atoms with Crippen molar-refractivity contribution >= 4 is 11.3 Å². The SMILES string of the molecule is COc1ccc2c(c1)CCc1sc(CNCC3CC3)nc1-2. The second kappa shape index (κ2) is 5.43. The van der Waals surface area contributed by atoms with Crippen molar-refractivity contribution in [1.29, 1.82) is 0 Å². The highest BCUT2D eigenvalue weighted by atomic mass is 32.1. The Hall–Kier alpha value is -1.39. The van der Waals surface area contributed by atoms with Crippen LogP contribution in [0.15, 0.2) is 18.2 Å². The number of hydrogen-bond acceptors (Lipinski definition) is 4. The van der Waals surface area contributed by atoms with Gasteiger partial charge in [-0.2, -0.15) is 0 Å². The molecule has 4 rings (SSSR count). The van der Waals surface area contributed by atoms with Gasteiger partial charge in [0.2, 0.25) is 0 Å². The Balaban J connectivity index is 1.56. The van der Waals surface area contributed by atoms with Gasteiger partial charge in [-0.3, -0.25) is 0 Å². The summed E-state index contributed by atoms with van der Waals surface area (Å²) in [4.78, 5) is 6.32. The van der Waals surface area contributed by atoms with Gasteiger partial charge in [0.15, 0.2) is 0 Å². The summed E-state index contributed by atoms with van der Waals surface area (Å²) in [5.74, 6) is 1.87. The van der Waals surface area contributed by atoms with Gasteiger partial charge in [0, 0.05) is 17.0 Å². The molecule has 0 saturated heterocycles. The Bertz CT molecular complexity index is 661. The van der Waals surface area contributed by atoms with E-state index in [4.69, 9.17) is 9.72 Å². The fraction of sp³-hybridized carbons (Fsp3) is 0.471. The van der Waals surface area contributed by atoms with Crippen LogP contribution in [0, 0.1) is 5.92 Å². The standard InChI is InChI=1S/C17H20N2OS/c1-20-13-5-6-14-12(8-13)4-7-15-17(14)19-16(21-15)10-18-9-11-2-3-11/h5-6,8,11,18H,2-4,7,9-10H2,1H3. The first-order chi connectivity index (χ1) is 10.3. The van der Waals surface area contributed by atoms with Gasteiger partial charge in [-0.15, -0.1) is 11.3 Å². The molecule has 0 radical (unpaired) electrons. The molecule has 2 aromatic rings. The van der Waals surface area contributed by atoms with E-state index in [9.17, 15) is 0 Å². The van der Waals surface area contributed by atoms with E-state index in [1.54, 1.807) is 7.11 Å². The summed E-state index contributed by atoms with van der Waals surface area (Å²) in [6.07, 6.45) is 5.00. The second-order valence-corrected chi connectivity index (χ2v) is 7.14. The third-order valence-electron chi connectivity index (χ3n) is 4.34. The van der Waals surface area contributed by atoms with Gasteiger partial charge < -0.3 is 10.1 Å². The number of fused-ring (bicyclic) bond motifs is 3. The molecule has 0 bridgehead atoms. The Labute approximate surface area is 129 Å². The molecular weight excluding hydrogens is 280 g/mol. The molecule has 21 heavy (non-hydrogen) atoms. The molecule has 110 valence electrons. The quantitative estimate of drug-likeness (QED) is 0.919. The zero-order chi connectivity index (χ0) is 14.2. The van der Waals surface area contributed by atoms with Crippen LogP contribution in [0.25, 0.3) is 11.3 Å². The number of rotatable bonds is 5. The summed E-state index contributed by atoms with van der Waals surface area (Å²) in [6.45, 7) is 2.07. The maximum atomic E-state index is 5.33. The topological polar surface area (TPSA) is 34.1 Å². The Kier molecular flexibility index (Phi) is 3.43. The first-order valence-corrected chi connectivity index (χ1v) is 8.51. The summed E-state index contributed by atoms with van der Waals surface area (Å²) in [7, 11) is 1.72. The third-order valence-corrected chi connectivity index (χ3v) is 5.45. The van der Waals surface area contributed by atoms with E-state index < -0.39 is 0 Å². The van der Waals surface area contributed by atoms with Crippen LogP contribution in [-0.4, -0.2) is 18.6 Å². The molecular formula is C17H20N2OS. The smallest absolute Gasteiger partial charge is 0.119 e. The van der Waals surface area contributed by atoms with Crippen LogP contribution in [0.5, 0.6) is 5.75 Å². The van der Waals surface area contributed by atoms with Crippen molar-refractivity contribution in [3.63, 3.8) is 0 Å². The first kappa shape index (κ1) is 13.3. The van der Waals surface area contributed by atoms with Crippen LogP contribution in [0.1, 0.15) is 28.3 Å². The maximum absolute atomic E-state index is 5.33. The lowest BCUT2D eigenvalue weighted by Crippen LogP contribution is -2.15. The molecule has 2 aliphatic rings. The largest absolute Gasteiger partial charge is 0.497 e. The normalized spacial score (nSPS) is 16.4. The van der Waals surface area contributed by atoms with Crippen molar-refractivity contribution in [2.45, 2.75) is 32.2 Å². The highest BCUT2D eigenvalue weighted by Gasteiger charge is 2.22. The molecule has 0 atom stereocenters. The second-order valence-electron chi connectivity index (χ2n) is 5.98. The van der Waals surface area contributed by atoms with Gasteiger partial charge >= 0.3 is 0 Å². The zero-order valence-corrected chi connectivity index (χ0v) is 13.1. The predicted octanol–water partition coefficient (Wildman–Crippen LogP) is 3.42. The van der Waals surface area contributed by atoms with Crippen molar-refractivity contribution < 1.29 is 4.74 Å². The molecule has 2 aliphatic carbocycles. The molecule has 0 amide bonds. The summed E-state index contributed by atoms with van der Waals surface area (Å²) in [6, 6.07) is 6.36. The molecule has 1 aromatic carbocycles. The maximum Gasteiger partial charge on any atom is 0.119 e. The van der Waals surface area contributed by atoms with Crippen molar-refractivity contribution in [3.05, 3.63) is 33.6 Å². The number of benzene rings is 1. The third kappa shape index (κ3) is 2.70. The van der Waals surface area contributed by atoms with Gasteiger partial charge in [-0.25, -0.2) is 4.98 Å². The van der Waals surface area contributed by atoms with Crippen LogP contribution in [-0.2, 0) is 19.4 Å². The van der Waals surface area contributed by atoms with Gasteiger partial charge in [0.25, 0.3) is 0 Å². The average Bonchev–Trinajstić information content (AvgIpc) is 3.24. The monoisotopic (exact) mass is 300 g/mol. The van der Waals surface area contributed by atoms with Gasteiger partial charge in [-0.05, 0) is 61.9 Å². The van der Waals surface area contributed by atoms with Crippen molar-refractivity contribution in [2.24, 2.45) is 5.92 Å². The Morgan fingerprint density at radius 3 is 3.05 bits per heavy atom. The molecule has 4 heteroatoms. The summed E-state index contributed by atoms with van der Waals surface area (Å²) in [5, 5.41) is 4.77.